The molecule has 0 amide bonds. The highest BCUT2D eigenvalue weighted by atomic mass is 14.8. The Labute approximate surface area is 67.8 Å². The van der Waals surface area contributed by atoms with Gasteiger partial charge in [-0.05, 0) is 30.5 Å². The molecule has 0 unspecified atom stereocenters. The Morgan fingerprint density at radius 3 is 2.45 bits per heavy atom. The van der Waals surface area contributed by atoms with Crippen LogP contribution in [0.25, 0.3) is 0 Å². The van der Waals surface area contributed by atoms with Gasteiger partial charge in [0.25, 0.3) is 0 Å². The van der Waals surface area contributed by atoms with Gasteiger partial charge in [0, 0.05) is 19.6 Å². The first kappa shape index (κ1) is 8.56. The molecule has 3 heteroatoms. The van der Waals surface area contributed by atoms with Crippen molar-refractivity contribution in [2.45, 2.75) is 12.8 Å². The third-order valence-electron chi connectivity index (χ3n) is 1.93. The summed E-state index contributed by atoms with van der Waals surface area (Å²) in [6.45, 7) is 2.21. The lowest BCUT2D eigenvalue weighted by Gasteiger charge is -2.02. The van der Waals surface area contributed by atoms with Crippen molar-refractivity contribution in [3.63, 3.8) is 0 Å². The van der Waals surface area contributed by atoms with Gasteiger partial charge in [-0.15, -0.1) is 0 Å². The normalized spacial score (nSPS) is 16.2. The molecule has 1 saturated carbocycles. The lowest BCUT2D eigenvalue weighted by atomic mass is 10.3. The van der Waals surface area contributed by atoms with Gasteiger partial charge in [-0.2, -0.15) is 0 Å². The minimum absolute atomic E-state index is 0.564. The minimum Gasteiger partial charge on any atom is -0.391 e. The van der Waals surface area contributed by atoms with Crippen LogP contribution in [0, 0.1) is 5.92 Å². The van der Waals surface area contributed by atoms with Crippen molar-refractivity contribution >= 4 is 0 Å². The molecule has 0 heterocycles. The Hall–Kier alpha value is -0.540. The van der Waals surface area contributed by atoms with Crippen LogP contribution in [0.4, 0.5) is 0 Å². The monoisotopic (exact) mass is 155 g/mol. The lowest BCUT2D eigenvalue weighted by molar-refractivity contribution is 0.739. The van der Waals surface area contributed by atoms with E-state index in [0.717, 1.165) is 18.0 Å². The van der Waals surface area contributed by atoms with Gasteiger partial charge >= 0.3 is 0 Å². The first-order chi connectivity index (χ1) is 5.36. The Morgan fingerprint density at radius 1 is 1.36 bits per heavy atom. The molecule has 0 radical (unpaired) electrons. The van der Waals surface area contributed by atoms with E-state index in [1.54, 1.807) is 0 Å². The van der Waals surface area contributed by atoms with Crippen LogP contribution in [0.3, 0.4) is 0 Å². The molecule has 0 aliphatic heterocycles. The third kappa shape index (κ3) is 3.39. The van der Waals surface area contributed by atoms with Crippen LogP contribution in [0.2, 0.25) is 0 Å². The molecule has 64 valence electrons. The van der Waals surface area contributed by atoms with E-state index in [0.29, 0.717) is 13.1 Å². The van der Waals surface area contributed by atoms with Crippen LogP contribution < -0.4 is 16.8 Å². The maximum absolute atomic E-state index is 5.43. The maximum atomic E-state index is 5.43. The average Bonchev–Trinajstić information content (AvgIpc) is 2.82. The maximum Gasteiger partial charge on any atom is 0.0169 e. The van der Waals surface area contributed by atoms with E-state index < -0.39 is 0 Å². The zero-order valence-corrected chi connectivity index (χ0v) is 6.84. The molecule has 0 bridgehead atoms. The number of hydrogen-bond donors (Lipinski definition) is 3. The summed E-state index contributed by atoms with van der Waals surface area (Å²) in [5.74, 6) is 0.906. The topological polar surface area (TPSA) is 64.1 Å². The quantitative estimate of drug-likeness (QED) is 0.514. The van der Waals surface area contributed by atoms with Crippen molar-refractivity contribution in [2.24, 2.45) is 17.4 Å². The van der Waals surface area contributed by atoms with Crippen molar-refractivity contribution in [2.75, 3.05) is 19.6 Å². The van der Waals surface area contributed by atoms with Gasteiger partial charge < -0.3 is 16.8 Å². The zero-order chi connectivity index (χ0) is 8.10. The lowest BCUT2D eigenvalue weighted by Crippen LogP contribution is -2.18. The molecule has 0 saturated heterocycles. The van der Waals surface area contributed by atoms with Gasteiger partial charge in [-0.3, -0.25) is 0 Å². The van der Waals surface area contributed by atoms with Crippen molar-refractivity contribution in [3.8, 4) is 0 Å². The fourth-order valence-corrected chi connectivity index (χ4v) is 0.893. The van der Waals surface area contributed by atoms with E-state index in [1.165, 1.54) is 12.8 Å². The Balaban J connectivity index is 2.08. The van der Waals surface area contributed by atoms with E-state index in [-0.39, 0.29) is 0 Å². The van der Waals surface area contributed by atoms with E-state index in [1.807, 2.05) is 6.20 Å². The SMILES string of the molecule is NCC(=CNCC1CC1)CN. The van der Waals surface area contributed by atoms with Crippen LogP contribution >= 0.6 is 0 Å². The van der Waals surface area contributed by atoms with Gasteiger partial charge in [-0.25, -0.2) is 0 Å². The second kappa shape index (κ2) is 4.36. The van der Waals surface area contributed by atoms with Crippen LogP contribution in [-0.2, 0) is 0 Å². The molecule has 0 aromatic heterocycles. The first-order valence-electron chi connectivity index (χ1n) is 4.18. The van der Waals surface area contributed by atoms with Crippen LogP contribution in [0.15, 0.2) is 11.8 Å². The molecule has 1 rings (SSSR count). The summed E-state index contributed by atoms with van der Waals surface area (Å²) in [6, 6.07) is 0. The van der Waals surface area contributed by atoms with Crippen molar-refractivity contribution in [1.29, 1.82) is 0 Å². The molecule has 0 spiro atoms. The fourth-order valence-electron chi connectivity index (χ4n) is 0.893. The van der Waals surface area contributed by atoms with Gasteiger partial charge in [0.2, 0.25) is 0 Å². The molecule has 1 fully saturated rings. The molecular weight excluding hydrogens is 138 g/mol. The molecule has 1 aliphatic carbocycles. The van der Waals surface area contributed by atoms with Crippen molar-refractivity contribution < 1.29 is 0 Å². The van der Waals surface area contributed by atoms with Crippen LogP contribution in [-0.4, -0.2) is 19.6 Å². The summed E-state index contributed by atoms with van der Waals surface area (Å²) in [5, 5.41) is 3.23. The molecule has 11 heavy (non-hydrogen) atoms. The third-order valence-corrected chi connectivity index (χ3v) is 1.93. The highest BCUT2D eigenvalue weighted by Gasteiger charge is 2.19. The highest BCUT2D eigenvalue weighted by Crippen LogP contribution is 2.27. The molecular formula is C8H17N3. The Bertz CT molecular complexity index is 132. The zero-order valence-electron chi connectivity index (χ0n) is 6.84. The smallest absolute Gasteiger partial charge is 0.0169 e. The van der Waals surface area contributed by atoms with Crippen molar-refractivity contribution in [3.05, 3.63) is 11.8 Å². The van der Waals surface area contributed by atoms with Gasteiger partial charge in [-0.1, -0.05) is 0 Å². The summed E-state index contributed by atoms with van der Waals surface area (Å²) < 4.78 is 0. The standard InChI is InChI=1S/C8H17N3/c9-3-8(4-10)6-11-5-7-1-2-7/h6-7,11H,1-5,9-10H2. The second-order valence-corrected chi connectivity index (χ2v) is 3.06. The first-order valence-corrected chi connectivity index (χ1v) is 4.18. The Morgan fingerprint density at radius 2 is 2.00 bits per heavy atom. The minimum atomic E-state index is 0.564. The van der Waals surface area contributed by atoms with Gasteiger partial charge in [0.1, 0.15) is 0 Å². The highest BCUT2D eigenvalue weighted by molar-refractivity contribution is 5.03. The van der Waals surface area contributed by atoms with E-state index >= 15 is 0 Å². The fraction of sp³-hybridized carbons (Fsp3) is 0.750. The van der Waals surface area contributed by atoms with Crippen LogP contribution in [0.5, 0.6) is 0 Å². The summed E-state index contributed by atoms with van der Waals surface area (Å²) in [6.07, 6.45) is 4.71. The predicted molar refractivity (Wildman–Crippen MR) is 46.9 cm³/mol. The summed E-state index contributed by atoms with van der Waals surface area (Å²) in [5.41, 5.74) is 11.9. The molecule has 3 nitrogen and oxygen atoms in total. The Kier molecular flexibility index (Phi) is 3.39. The van der Waals surface area contributed by atoms with E-state index in [9.17, 15) is 0 Å². The van der Waals surface area contributed by atoms with Crippen LogP contribution in [0.1, 0.15) is 12.8 Å². The number of rotatable bonds is 5. The van der Waals surface area contributed by atoms with E-state index in [4.69, 9.17) is 11.5 Å². The molecule has 1 aliphatic rings. The average molecular weight is 155 g/mol. The van der Waals surface area contributed by atoms with Gasteiger partial charge in [0.05, 0.1) is 0 Å². The largest absolute Gasteiger partial charge is 0.391 e. The predicted octanol–water partition coefficient (Wildman–Crippen LogP) is -0.213. The number of nitrogens with one attached hydrogen (secondary N) is 1. The van der Waals surface area contributed by atoms with E-state index in [2.05, 4.69) is 5.32 Å². The summed E-state index contributed by atoms with van der Waals surface area (Å²) in [4.78, 5) is 0. The second-order valence-electron chi connectivity index (χ2n) is 3.06. The van der Waals surface area contributed by atoms with Gasteiger partial charge in [0.15, 0.2) is 0 Å². The molecule has 5 N–H and O–H groups in total. The summed E-state index contributed by atoms with van der Waals surface area (Å²) in [7, 11) is 0. The summed E-state index contributed by atoms with van der Waals surface area (Å²) >= 11 is 0. The van der Waals surface area contributed by atoms with Crippen molar-refractivity contribution in [1.82, 2.24) is 5.32 Å². The molecule has 0 aromatic carbocycles. The number of nitrogens with two attached hydrogens (primary N) is 2. The number of hydrogen-bond acceptors (Lipinski definition) is 3. The molecule has 0 aromatic rings. The molecule has 0 atom stereocenters.